The highest BCUT2D eigenvalue weighted by atomic mass is 16.5. The summed E-state index contributed by atoms with van der Waals surface area (Å²) in [6, 6.07) is 4.12. The number of ether oxygens (including phenoxy) is 2. The molecule has 2 aliphatic carbocycles. The molecule has 0 N–H and O–H groups in total. The first-order valence-electron chi connectivity index (χ1n) is 9.40. The van der Waals surface area contributed by atoms with Gasteiger partial charge in [0, 0.05) is 24.9 Å². The summed E-state index contributed by atoms with van der Waals surface area (Å²) < 4.78 is 12.2. The van der Waals surface area contributed by atoms with Gasteiger partial charge < -0.3 is 14.4 Å². The highest BCUT2D eigenvalue weighted by Gasteiger charge is 2.45. The minimum Gasteiger partial charge on any atom is -0.372 e. The zero-order valence-electron chi connectivity index (χ0n) is 14.5. The Hall–Kier alpha value is -1.72. The first-order chi connectivity index (χ1) is 12.3. The van der Waals surface area contributed by atoms with Gasteiger partial charge in [0.1, 0.15) is 6.10 Å². The quantitative estimate of drug-likeness (QED) is 0.790. The van der Waals surface area contributed by atoms with E-state index >= 15 is 0 Å². The lowest BCUT2D eigenvalue weighted by atomic mass is 9.92. The lowest BCUT2D eigenvalue weighted by Gasteiger charge is -2.40. The van der Waals surface area contributed by atoms with Crippen molar-refractivity contribution in [3.05, 3.63) is 42.2 Å². The zero-order valence-corrected chi connectivity index (χ0v) is 14.5. The molecule has 1 aliphatic heterocycles. The molecule has 1 aromatic rings. The summed E-state index contributed by atoms with van der Waals surface area (Å²) >= 11 is 0. The van der Waals surface area contributed by atoms with Gasteiger partial charge >= 0.3 is 0 Å². The molecule has 0 aromatic carbocycles. The molecule has 1 saturated carbocycles. The second-order valence-electron chi connectivity index (χ2n) is 7.20. The molecule has 0 radical (unpaired) electrons. The van der Waals surface area contributed by atoms with Crippen molar-refractivity contribution in [2.75, 3.05) is 13.2 Å². The second kappa shape index (κ2) is 7.67. The Morgan fingerprint density at radius 2 is 2.12 bits per heavy atom. The van der Waals surface area contributed by atoms with Gasteiger partial charge in [0.15, 0.2) is 0 Å². The maximum absolute atomic E-state index is 13.0. The molecule has 0 unspecified atom stereocenters. The number of fused-ring (bicyclic) bond motifs is 1. The summed E-state index contributed by atoms with van der Waals surface area (Å²) in [7, 11) is 0. The van der Waals surface area contributed by atoms with Crippen LogP contribution in [0.5, 0.6) is 0 Å². The van der Waals surface area contributed by atoms with E-state index in [-0.39, 0.29) is 24.2 Å². The molecule has 1 saturated heterocycles. The Bertz CT molecular complexity index is 619. The summed E-state index contributed by atoms with van der Waals surface area (Å²) in [5.41, 5.74) is 1.12. The van der Waals surface area contributed by atoms with Crippen LogP contribution in [0.4, 0.5) is 0 Å². The number of allylic oxidation sites excluding steroid dienone is 2. The van der Waals surface area contributed by atoms with Crippen molar-refractivity contribution in [2.45, 2.75) is 57.0 Å². The van der Waals surface area contributed by atoms with Crippen LogP contribution >= 0.6 is 0 Å². The highest BCUT2D eigenvalue weighted by Crippen LogP contribution is 2.34. The largest absolute Gasteiger partial charge is 0.372 e. The highest BCUT2D eigenvalue weighted by molar-refractivity contribution is 5.79. The van der Waals surface area contributed by atoms with Crippen molar-refractivity contribution in [3.63, 3.8) is 0 Å². The van der Waals surface area contributed by atoms with E-state index in [1.165, 1.54) is 0 Å². The Kier molecular flexibility index (Phi) is 5.13. The number of aromatic nitrogens is 1. The third-order valence-electron chi connectivity index (χ3n) is 5.65. The first-order valence-corrected chi connectivity index (χ1v) is 9.40. The number of hydrogen-bond acceptors (Lipinski definition) is 4. The summed E-state index contributed by atoms with van der Waals surface area (Å²) in [5, 5.41) is 0. The van der Waals surface area contributed by atoms with Gasteiger partial charge in [-0.1, -0.05) is 12.2 Å². The van der Waals surface area contributed by atoms with E-state index in [0.717, 1.165) is 44.2 Å². The smallest absolute Gasteiger partial charge is 0.226 e. The van der Waals surface area contributed by atoms with Crippen molar-refractivity contribution in [1.82, 2.24) is 9.88 Å². The molecule has 2 fully saturated rings. The van der Waals surface area contributed by atoms with Gasteiger partial charge in [0.25, 0.3) is 0 Å². The Morgan fingerprint density at radius 1 is 1.24 bits per heavy atom. The molecule has 0 bridgehead atoms. The minimum absolute atomic E-state index is 0.0127. The molecule has 2 heterocycles. The van der Waals surface area contributed by atoms with E-state index in [1.807, 2.05) is 12.1 Å². The van der Waals surface area contributed by atoms with Gasteiger partial charge in [0.05, 0.1) is 25.4 Å². The molecule has 5 heteroatoms. The Morgan fingerprint density at radius 3 is 2.92 bits per heavy atom. The predicted octanol–water partition coefficient (Wildman–Crippen LogP) is 2.71. The van der Waals surface area contributed by atoms with Gasteiger partial charge in [-0.2, -0.15) is 0 Å². The maximum atomic E-state index is 13.0. The minimum atomic E-state index is 0.0127. The van der Waals surface area contributed by atoms with Crippen molar-refractivity contribution in [2.24, 2.45) is 5.92 Å². The average Bonchev–Trinajstić information content (AvgIpc) is 3.10. The van der Waals surface area contributed by atoms with Crippen molar-refractivity contribution in [3.8, 4) is 0 Å². The summed E-state index contributed by atoms with van der Waals surface area (Å²) in [6.07, 6.45) is 12.8. The molecule has 3 aliphatic rings. The molecule has 4 rings (SSSR count). The van der Waals surface area contributed by atoms with Crippen LogP contribution in [-0.2, 0) is 20.9 Å². The fraction of sp³-hybridized carbons (Fsp3) is 0.600. The normalized spacial score (nSPS) is 31.8. The molecule has 4 atom stereocenters. The van der Waals surface area contributed by atoms with Crippen molar-refractivity contribution >= 4 is 5.91 Å². The van der Waals surface area contributed by atoms with Crippen LogP contribution in [0.25, 0.3) is 0 Å². The number of rotatable bonds is 4. The number of carbonyl (C=O) groups excluding carboxylic acids is 1. The van der Waals surface area contributed by atoms with Gasteiger partial charge in [-0.05, 0) is 49.8 Å². The van der Waals surface area contributed by atoms with Crippen LogP contribution in [0.15, 0.2) is 36.7 Å². The Balaban J connectivity index is 1.38. The van der Waals surface area contributed by atoms with Crippen LogP contribution < -0.4 is 0 Å². The molecule has 5 nitrogen and oxygen atoms in total. The third kappa shape index (κ3) is 3.62. The van der Waals surface area contributed by atoms with Crippen LogP contribution in [0.1, 0.15) is 37.7 Å². The number of pyridine rings is 1. The van der Waals surface area contributed by atoms with Crippen LogP contribution in [0.2, 0.25) is 0 Å². The predicted molar refractivity (Wildman–Crippen MR) is 93.8 cm³/mol. The maximum Gasteiger partial charge on any atom is 0.226 e. The Labute approximate surface area is 149 Å². The number of nitrogens with zero attached hydrogens (tertiary/aromatic N) is 2. The van der Waals surface area contributed by atoms with E-state index in [9.17, 15) is 4.79 Å². The van der Waals surface area contributed by atoms with Gasteiger partial charge in [-0.25, -0.2) is 0 Å². The number of amides is 1. The van der Waals surface area contributed by atoms with E-state index in [1.54, 1.807) is 12.4 Å². The number of hydrogen-bond donors (Lipinski definition) is 0. The molecule has 1 amide bonds. The fourth-order valence-corrected chi connectivity index (χ4v) is 4.30. The topological polar surface area (TPSA) is 51.7 Å². The summed E-state index contributed by atoms with van der Waals surface area (Å²) in [6.45, 7) is 1.91. The van der Waals surface area contributed by atoms with E-state index in [2.05, 4.69) is 22.0 Å². The average molecular weight is 342 g/mol. The lowest BCUT2D eigenvalue weighted by molar-refractivity contribution is -0.156. The summed E-state index contributed by atoms with van der Waals surface area (Å²) in [5.74, 6) is 0.470. The molecule has 25 heavy (non-hydrogen) atoms. The van der Waals surface area contributed by atoms with Gasteiger partial charge in [-0.3, -0.25) is 9.78 Å². The molecular formula is C20H26N2O3. The van der Waals surface area contributed by atoms with Gasteiger partial charge in [-0.15, -0.1) is 0 Å². The van der Waals surface area contributed by atoms with E-state index in [0.29, 0.717) is 19.1 Å². The van der Waals surface area contributed by atoms with Crippen LogP contribution in [0, 0.1) is 5.92 Å². The molecule has 0 spiro atoms. The van der Waals surface area contributed by atoms with E-state index < -0.39 is 0 Å². The van der Waals surface area contributed by atoms with Crippen LogP contribution in [0.3, 0.4) is 0 Å². The number of carbonyl (C=O) groups is 1. The third-order valence-corrected chi connectivity index (χ3v) is 5.65. The first kappa shape index (κ1) is 16.7. The van der Waals surface area contributed by atoms with Crippen molar-refractivity contribution in [1.29, 1.82) is 0 Å². The molecule has 1 aromatic heterocycles. The van der Waals surface area contributed by atoms with E-state index in [4.69, 9.17) is 9.47 Å². The molecular weight excluding hydrogens is 316 g/mol. The zero-order chi connectivity index (χ0) is 17.1. The second-order valence-corrected chi connectivity index (χ2v) is 7.20. The van der Waals surface area contributed by atoms with Crippen LogP contribution in [-0.4, -0.2) is 47.2 Å². The fourth-order valence-electron chi connectivity index (χ4n) is 4.30. The molecule has 134 valence electrons. The van der Waals surface area contributed by atoms with Crippen molar-refractivity contribution < 1.29 is 14.3 Å². The SMILES string of the molecule is O=C([C@@H]1CC=CCC1)N1CCO[C@H]2[C@@H](OCc3ccncc3)CC[C@@H]21. The number of morpholine rings is 1. The monoisotopic (exact) mass is 342 g/mol. The van der Waals surface area contributed by atoms with Gasteiger partial charge in [0.2, 0.25) is 5.91 Å². The summed E-state index contributed by atoms with van der Waals surface area (Å²) in [4.78, 5) is 19.1. The standard InChI is InChI=1S/C20H26N2O3/c23-20(16-4-2-1-3-5-16)22-12-13-24-19-17(22)6-7-18(19)25-14-15-8-10-21-11-9-15/h1-2,8-11,16-19H,3-7,12-14H2/t16-,17+,18+,19-/m1/s1. The lowest BCUT2D eigenvalue weighted by Crippen LogP contribution is -2.55.